The van der Waals surface area contributed by atoms with Gasteiger partial charge in [-0.3, -0.25) is 0 Å². The number of thioether (sulfide) groups is 1. The molecule has 1 saturated heterocycles. The molecular formula is C14H18ClN3S. The van der Waals surface area contributed by atoms with Gasteiger partial charge >= 0.3 is 0 Å². The van der Waals surface area contributed by atoms with Gasteiger partial charge in [-0.05, 0) is 25.1 Å². The molecule has 1 fully saturated rings. The van der Waals surface area contributed by atoms with Crippen molar-refractivity contribution in [1.82, 2.24) is 14.9 Å². The molecule has 0 amide bonds. The standard InChI is InChI=1S/C14H18ClN3S/c1-2-18-13-7-10(15)3-4-12(13)17-14(18)8-11-9-19-6-5-16-11/h3-4,7,11,16H,2,5-6,8-9H2,1H3. The van der Waals surface area contributed by atoms with Crippen LogP contribution in [0.15, 0.2) is 18.2 Å². The van der Waals surface area contributed by atoms with E-state index in [1.807, 2.05) is 30.0 Å². The average Bonchev–Trinajstić information content (AvgIpc) is 2.76. The summed E-state index contributed by atoms with van der Waals surface area (Å²) in [5.74, 6) is 3.56. The first kappa shape index (κ1) is 13.3. The van der Waals surface area contributed by atoms with Gasteiger partial charge in [0.25, 0.3) is 0 Å². The number of nitrogens with zero attached hydrogens (tertiary/aromatic N) is 2. The Morgan fingerprint density at radius 3 is 3.16 bits per heavy atom. The van der Waals surface area contributed by atoms with Gasteiger partial charge in [0.05, 0.1) is 11.0 Å². The minimum absolute atomic E-state index is 0.538. The van der Waals surface area contributed by atoms with Crippen LogP contribution in [0.5, 0.6) is 0 Å². The molecule has 0 radical (unpaired) electrons. The quantitative estimate of drug-likeness (QED) is 0.944. The number of rotatable bonds is 3. The first-order valence-corrected chi connectivity index (χ1v) is 8.27. The van der Waals surface area contributed by atoms with E-state index in [0.29, 0.717) is 6.04 Å². The van der Waals surface area contributed by atoms with E-state index in [4.69, 9.17) is 16.6 Å². The topological polar surface area (TPSA) is 29.9 Å². The molecule has 0 spiro atoms. The Bertz CT molecular complexity index is 575. The molecule has 1 atom stereocenters. The summed E-state index contributed by atoms with van der Waals surface area (Å²) in [4.78, 5) is 4.77. The van der Waals surface area contributed by atoms with E-state index in [9.17, 15) is 0 Å². The summed E-state index contributed by atoms with van der Waals surface area (Å²) in [6, 6.07) is 6.47. The van der Waals surface area contributed by atoms with E-state index in [-0.39, 0.29) is 0 Å². The zero-order chi connectivity index (χ0) is 13.2. The van der Waals surface area contributed by atoms with Gasteiger partial charge in [0.15, 0.2) is 0 Å². The molecule has 5 heteroatoms. The third-order valence-electron chi connectivity index (χ3n) is 3.53. The van der Waals surface area contributed by atoms with Crippen molar-refractivity contribution in [3.63, 3.8) is 0 Å². The molecule has 19 heavy (non-hydrogen) atoms. The molecule has 3 rings (SSSR count). The number of fused-ring (bicyclic) bond motifs is 1. The van der Waals surface area contributed by atoms with Gasteiger partial charge in [-0.25, -0.2) is 4.98 Å². The van der Waals surface area contributed by atoms with Crippen LogP contribution in [0.2, 0.25) is 5.02 Å². The van der Waals surface area contributed by atoms with Gasteiger partial charge in [0.1, 0.15) is 5.82 Å². The molecule has 1 aromatic heterocycles. The Morgan fingerprint density at radius 2 is 2.42 bits per heavy atom. The number of aromatic nitrogens is 2. The van der Waals surface area contributed by atoms with Crippen molar-refractivity contribution in [3.05, 3.63) is 29.0 Å². The first-order chi connectivity index (χ1) is 9.28. The molecule has 2 heterocycles. The van der Waals surface area contributed by atoms with Crippen LogP contribution >= 0.6 is 23.4 Å². The zero-order valence-electron chi connectivity index (χ0n) is 11.0. The molecule has 2 aromatic rings. The maximum atomic E-state index is 6.09. The van der Waals surface area contributed by atoms with Crippen LogP contribution in [0.1, 0.15) is 12.7 Å². The number of hydrogen-bond donors (Lipinski definition) is 1. The van der Waals surface area contributed by atoms with Crippen LogP contribution in [0.4, 0.5) is 0 Å². The molecule has 3 nitrogen and oxygen atoms in total. The highest BCUT2D eigenvalue weighted by molar-refractivity contribution is 7.99. The molecule has 0 bridgehead atoms. The van der Waals surface area contributed by atoms with Gasteiger partial charge in [0.2, 0.25) is 0 Å². The average molecular weight is 296 g/mol. The Balaban J connectivity index is 1.93. The second-order valence-electron chi connectivity index (χ2n) is 4.84. The third kappa shape index (κ3) is 2.76. The summed E-state index contributed by atoms with van der Waals surface area (Å²) >= 11 is 8.12. The Kier molecular flexibility index (Phi) is 4.01. The van der Waals surface area contributed by atoms with Crippen molar-refractivity contribution < 1.29 is 0 Å². The van der Waals surface area contributed by atoms with Crippen LogP contribution in [0.25, 0.3) is 11.0 Å². The number of aryl methyl sites for hydroxylation is 1. The summed E-state index contributed by atoms with van der Waals surface area (Å²) in [6.45, 7) is 4.20. The predicted octanol–water partition coefficient (Wildman–Crippen LogP) is 2.96. The SMILES string of the molecule is CCn1c(CC2CSCCN2)nc2ccc(Cl)cc21. The summed E-state index contributed by atoms with van der Waals surface area (Å²) in [5.41, 5.74) is 2.19. The van der Waals surface area contributed by atoms with Crippen molar-refractivity contribution in [1.29, 1.82) is 0 Å². The number of imidazole rings is 1. The summed E-state index contributed by atoms with van der Waals surface area (Å²) in [5, 5.41) is 4.35. The fourth-order valence-corrected chi connectivity index (χ4v) is 3.74. The van der Waals surface area contributed by atoms with Crippen LogP contribution in [-0.4, -0.2) is 33.6 Å². The molecule has 1 N–H and O–H groups in total. The zero-order valence-corrected chi connectivity index (χ0v) is 12.6. The van der Waals surface area contributed by atoms with E-state index in [1.54, 1.807) is 0 Å². The molecule has 1 aromatic carbocycles. The number of halogens is 1. The van der Waals surface area contributed by atoms with Crippen molar-refractivity contribution in [2.24, 2.45) is 0 Å². The van der Waals surface area contributed by atoms with E-state index in [1.165, 1.54) is 17.3 Å². The van der Waals surface area contributed by atoms with E-state index in [2.05, 4.69) is 16.8 Å². The summed E-state index contributed by atoms with van der Waals surface area (Å²) in [6.07, 6.45) is 0.993. The van der Waals surface area contributed by atoms with Crippen LogP contribution in [0, 0.1) is 0 Å². The van der Waals surface area contributed by atoms with E-state index < -0.39 is 0 Å². The van der Waals surface area contributed by atoms with E-state index in [0.717, 1.165) is 35.6 Å². The minimum Gasteiger partial charge on any atom is -0.328 e. The molecule has 0 saturated carbocycles. The Labute approximate surface area is 122 Å². The van der Waals surface area contributed by atoms with Crippen LogP contribution < -0.4 is 5.32 Å². The lowest BCUT2D eigenvalue weighted by molar-refractivity contribution is 0.537. The van der Waals surface area contributed by atoms with Crippen LogP contribution in [-0.2, 0) is 13.0 Å². The van der Waals surface area contributed by atoms with Gasteiger partial charge < -0.3 is 9.88 Å². The van der Waals surface area contributed by atoms with Crippen LogP contribution in [0.3, 0.4) is 0 Å². The second-order valence-corrected chi connectivity index (χ2v) is 6.42. The number of hydrogen-bond acceptors (Lipinski definition) is 3. The minimum atomic E-state index is 0.538. The lowest BCUT2D eigenvalue weighted by atomic mass is 10.2. The lowest BCUT2D eigenvalue weighted by Gasteiger charge is -2.23. The molecule has 102 valence electrons. The van der Waals surface area contributed by atoms with Gasteiger partial charge in [-0.2, -0.15) is 11.8 Å². The molecule has 1 aliphatic rings. The fraction of sp³-hybridized carbons (Fsp3) is 0.500. The molecule has 0 aliphatic carbocycles. The largest absolute Gasteiger partial charge is 0.328 e. The summed E-state index contributed by atoms with van der Waals surface area (Å²) in [7, 11) is 0. The first-order valence-electron chi connectivity index (χ1n) is 6.73. The second kappa shape index (κ2) is 5.73. The normalized spacial score (nSPS) is 20.0. The van der Waals surface area contributed by atoms with Gasteiger partial charge in [-0.15, -0.1) is 0 Å². The van der Waals surface area contributed by atoms with Crippen molar-refractivity contribution in [2.75, 3.05) is 18.1 Å². The van der Waals surface area contributed by atoms with Crippen molar-refractivity contribution in [3.8, 4) is 0 Å². The van der Waals surface area contributed by atoms with Gasteiger partial charge in [-0.1, -0.05) is 11.6 Å². The van der Waals surface area contributed by atoms with Crippen molar-refractivity contribution in [2.45, 2.75) is 25.9 Å². The van der Waals surface area contributed by atoms with E-state index >= 15 is 0 Å². The lowest BCUT2D eigenvalue weighted by Crippen LogP contribution is -2.39. The molecule has 1 unspecified atom stereocenters. The highest BCUT2D eigenvalue weighted by atomic mass is 35.5. The van der Waals surface area contributed by atoms with Gasteiger partial charge in [0, 0.05) is 42.1 Å². The highest BCUT2D eigenvalue weighted by Crippen LogP contribution is 2.22. The van der Waals surface area contributed by atoms with Crippen molar-refractivity contribution >= 4 is 34.4 Å². The molecular weight excluding hydrogens is 278 g/mol. The smallest absolute Gasteiger partial charge is 0.111 e. The maximum absolute atomic E-state index is 6.09. The predicted molar refractivity (Wildman–Crippen MR) is 83.2 cm³/mol. The maximum Gasteiger partial charge on any atom is 0.111 e. The summed E-state index contributed by atoms with van der Waals surface area (Å²) < 4.78 is 2.28. The Hall–Kier alpha value is -0.710. The Morgan fingerprint density at radius 1 is 1.53 bits per heavy atom. The number of nitrogens with one attached hydrogen (secondary N) is 1. The third-order valence-corrected chi connectivity index (χ3v) is 4.90. The molecule has 1 aliphatic heterocycles. The highest BCUT2D eigenvalue weighted by Gasteiger charge is 2.17. The monoisotopic (exact) mass is 295 g/mol. The fourth-order valence-electron chi connectivity index (χ4n) is 2.63. The number of benzene rings is 1.